The second kappa shape index (κ2) is 4.18. The highest BCUT2D eigenvalue weighted by molar-refractivity contribution is 9.12. The molecule has 0 unspecified atom stereocenters. The lowest BCUT2D eigenvalue weighted by molar-refractivity contribution is -0.183. The quantitative estimate of drug-likeness (QED) is 0.721. The third-order valence-electron chi connectivity index (χ3n) is 1.56. The van der Waals surface area contributed by atoms with Crippen LogP contribution >= 0.6 is 31.9 Å². The Bertz CT molecular complexity index is 115. The molecule has 0 spiro atoms. The fourth-order valence-corrected chi connectivity index (χ4v) is 2.13. The van der Waals surface area contributed by atoms with Gasteiger partial charge in [-0.3, -0.25) is 0 Å². The van der Waals surface area contributed by atoms with Gasteiger partial charge in [0.1, 0.15) is 0 Å². The largest absolute Gasteiger partial charge is 0.355 e. The fraction of sp³-hybridized carbons (Fsp3) is 1.00. The number of hydrogen-bond acceptors (Lipinski definition) is 3. The standard InChI is InChI=1S/C6H10Br2O3/c1-9-5-3(7)4(8)6(10-2)11-5/h3-6H,1-2H3/t3-,4-,5-,6-/m0/s1. The van der Waals surface area contributed by atoms with Gasteiger partial charge in [-0.15, -0.1) is 0 Å². The summed E-state index contributed by atoms with van der Waals surface area (Å²) in [5, 5.41) is 0. The summed E-state index contributed by atoms with van der Waals surface area (Å²) in [4.78, 5) is 0.273. The summed E-state index contributed by atoms with van der Waals surface area (Å²) in [6.45, 7) is 0. The molecule has 66 valence electrons. The lowest BCUT2D eigenvalue weighted by Crippen LogP contribution is -2.23. The molecule has 0 aromatic heterocycles. The molecule has 0 aliphatic carbocycles. The van der Waals surface area contributed by atoms with Gasteiger partial charge in [-0.2, -0.15) is 0 Å². The van der Waals surface area contributed by atoms with Crippen LogP contribution in [0.25, 0.3) is 0 Å². The summed E-state index contributed by atoms with van der Waals surface area (Å²) in [5.74, 6) is 0. The predicted molar refractivity (Wildman–Crippen MR) is 48.1 cm³/mol. The first-order valence-electron chi connectivity index (χ1n) is 3.20. The van der Waals surface area contributed by atoms with E-state index in [0.29, 0.717) is 0 Å². The van der Waals surface area contributed by atoms with Gasteiger partial charge in [-0.05, 0) is 0 Å². The molecule has 0 saturated carbocycles. The van der Waals surface area contributed by atoms with Crippen molar-refractivity contribution in [2.75, 3.05) is 14.2 Å². The van der Waals surface area contributed by atoms with Crippen molar-refractivity contribution in [3.63, 3.8) is 0 Å². The Morgan fingerprint density at radius 2 is 1.36 bits per heavy atom. The molecule has 0 radical (unpaired) electrons. The highest BCUT2D eigenvalue weighted by Gasteiger charge is 2.42. The van der Waals surface area contributed by atoms with E-state index in [-0.39, 0.29) is 22.2 Å². The summed E-state index contributed by atoms with van der Waals surface area (Å²) in [5.41, 5.74) is 0. The first kappa shape index (κ1) is 9.92. The Morgan fingerprint density at radius 1 is 1.00 bits per heavy atom. The zero-order valence-corrected chi connectivity index (χ0v) is 9.46. The third-order valence-corrected chi connectivity index (χ3v) is 4.27. The van der Waals surface area contributed by atoms with Crippen LogP contribution in [0.15, 0.2) is 0 Å². The van der Waals surface area contributed by atoms with Crippen molar-refractivity contribution in [1.29, 1.82) is 0 Å². The van der Waals surface area contributed by atoms with Gasteiger partial charge >= 0.3 is 0 Å². The van der Waals surface area contributed by atoms with Crippen LogP contribution in [-0.4, -0.2) is 36.5 Å². The van der Waals surface area contributed by atoms with E-state index in [1.54, 1.807) is 14.2 Å². The van der Waals surface area contributed by atoms with Gasteiger partial charge in [0.25, 0.3) is 0 Å². The van der Waals surface area contributed by atoms with E-state index in [2.05, 4.69) is 31.9 Å². The molecule has 11 heavy (non-hydrogen) atoms. The molecule has 1 heterocycles. The Morgan fingerprint density at radius 3 is 1.55 bits per heavy atom. The van der Waals surface area contributed by atoms with Crippen LogP contribution in [0.3, 0.4) is 0 Å². The first-order valence-corrected chi connectivity index (χ1v) is 5.03. The van der Waals surface area contributed by atoms with Crippen molar-refractivity contribution >= 4 is 31.9 Å². The van der Waals surface area contributed by atoms with Gasteiger partial charge in [0.2, 0.25) is 0 Å². The fourth-order valence-electron chi connectivity index (χ4n) is 0.954. The molecule has 1 saturated heterocycles. The highest BCUT2D eigenvalue weighted by Crippen LogP contribution is 2.32. The van der Waals surface area contributed by atoms with E-state index in [0.717, 1.165) is 0 Å². The van der Waals surface area contributed by atoms with Crippen LogP contribution < -0.4 is 0 Å². The summed E-state index contributed by atoms with van der Waals surface area (Å²) in [7, 11) is 3.22. The van der Waals surface area contributed by atoms with E-state index in [1.807, 2.05) is 0 Å². The number of alkyl halides is 2. The van der Waals surface area contributed by atoms with Crippen LogP contribution in [0.5, 0.6) is 0 Å². The summed E-state index contributed by atoms with van der Waals surface area (Å²) >= 11 is 6.87. The molecule has 0 bridgehead atoms. The Hall–Kier alpha value is 0.840. The van der Waals surface area contributed by atoms with Crippen LogP contribution in [0.1, 0.15) is 0 Å². The van der Waals surface area contributed by atoms with Gasteiger partial charge in [0.15, 0.2) is 12.6 Å². The van der Waals surface area contributed by atoms with Crippen LogP contribution in [0.4, 0.5) is 0 Å². The van der Waals surface area contributed by atoms with Gasteiger partial charge in [0.05, 0.1) is 9.65 Å². The van der Waals surface area contributed by atoms with E-state index in [9.17, 15) is 0 Å². The lowest BCUT2D eigenvalue weighted by atomic mass is 10.3. The second-order valence-electron chi connectivity index (χ2n) is 2.23. The first-order chi connectivity index (χ1) is 5.20. The van der Waals surface area contributed by atoms with Crippen molar-refractivity contribution in [2.24, 2.45) is 0 Å². The second-order valence-corrected chi connectivity index (χ2v) is 4.35. The van der Waals surface area contributed by atoms with Crippen molar-refractivity contribution < 1.29 is 14.2 Å². The zero-order valence-electron chi connectivity index (χ0n) is 6.29. The van der Waals surface area contributed by atoms with E-state index < -0.39 is 0 Å². The van der Waals surface area contributed by atoms with E-state index >= 15 is 0 Å². The monoisotopic (exact) mass is 288 g/mol. The highest BCUT2D eigenvalue weighted by atomic mass is 79.9. The topological polar surface area (TPSA) is 27.7 Å². The van der Waals surface area contributed by atoms with Crippen molar-refractivity contribution in [2.45, 2.75) is 22.2 Å². The van der Waals surface area contributed by atoms with Gasteiger partial charge in [-0.1, -0.05) is 31.9 Å². The molecular weight excluding hydrogens is 280 g/mol. The van der Waals surface area contributed by atoms with Gasteiger partial charge in [0, 0.05) is 14.2 Å². The van der Waals surface area contributed by atoms with E-state index in [4.69, 9.17) is 14.2 Å². The van der Waals surface area contributed by atoms with E-state index in [1.165, 1.54) is 0 Å². The van der Waals surface area contributed by atoms with Gasteiger partial charge < -0.3 is 14.2 Å². The number of ether oxygens (including phenoxy) is 3. The summed E-state index contributed by atoms with van der Waals surface area (Å²) in [6.07, 6.45) is -0.464. The molecule has 1 aliphatic rings. The summed E-state index contributed by atoms with van der Waals surface area (Å²) in [6, 6.07) is 0. The molecule has 0 N–H and O–H groups in total. The zero-order chi connectivity index (χ0) is 8.43. The third kappa shape index (κ3) is 1.95. The molecule has 1 rings (SSSR count). The average Bonchev–Trinajstić information content (AvgIpc) is 2.30. The average molecular weight is 290 g/mol. The Balaban J connectivity index is 2.53. The smallest absolute Gasteiger partial charge is 0.174 e. The number of hydrogen-bond donors (Lipinski definition) is 0. The lowest BCUT2D eigenvalue weighted by Gasteiger charge is -2.10. The molecule has 1 fully saturated rings. The Labute approximate surface area is 82.6 Å². The molecular formula is C6H10Br2O3. The predicted octanol–water partition coefficient (Wildman–Crippen LogP) is 1.49. The number of methoxy groups -OCH3 is 2. The molecule has 0 aromatic carbocycles. The van der Waals surface area contributed by atoms with Gasteiger partial charge in [-0.25, -0.2) is 0 Å². The number of halogens is 2. The molecule has 3 nitrogen and oxygen atoms in total. The maximum absolute atomic E-state index is 5.35. The van der Waals surface area contributed by atoms with Crippen molar-refractivity contribution in [3.8, 4) is 0 Å². The molecule has 5 heteroatoms. The Kier molecular flexibility index (Phi) is 3.77. The minimum atomic E-state index is -0.232. The molecule has 1 aliphatic heterocycles. The molecule has 4 atom stereocenters. The maximum Gasteiger partial charge on any atom is 0.174 e. The SMILES string of the molecule is CO[C@H]1O[C@H](OC)[C@@H](Br)[C@@H]1Br. The minimum Gasteiger partial charge on any atom is -0.355 e. The normalized spacial score (nSPS) is 44.7. The van der Waals surface area contributed by atoms with Crippen LogP contribution in [0, 0.1) is 0 Å². The minimum absolute atomic E-state index is 0.137. The van der Waals surface area contributed by atoms with Crippen molar-refractivity contribution in [1.82, 2.24) is 0 Å². The molecule has 0 amide bonds. The van der Waals surface area contributed by atoms with Crippen molar-refractivity contribution in [3.05, 3.63) is 0 Å². The van der Waals surface area contributed by atoms with Crippen LogP contribution in [0.2, 0.25) is 0 Å². The number of rotatable bonds is 2. The summed E-state index contributed by atoms with van der Waals surface area (Å²) < 4.78 is 15.4. The van der Waals surface area contributed by atoms with Crippen LogP contribution in [-0.2, 0) is 14.2 Å². The maximum atomic E-state index is 5.35. The molecule has 0 aromatic rings.